The maximum atomic E-state index is 5.77. The summed E-state index contributed by atoms with van der Waals surface area (Å²) in [6.45, 7) is 10.3. The second-order valence-electron chi connectivity index (χ2n) is 7.35. The lowest BCUT2D eigenvalue weighted by atomic mass is 10.3. The molecule has 3 aromatic heterocycles. The molecule has 0 aliphatic rings. The first-order chi connectivity index (χ1) is 11.9. The number of fused-ring (bicyclic) bond motifs is 1. The molecular formula is C17H25N5OSSi. The van der Waals surface area contributed by atoms with Crippen LogP contribution in [0.4, 0.5) is 0 Å². The summed E-state index contributed by atoms with van der Waals surface area (Å²) < 4.78 is 9.69. The fraction of sp³-hybridized carbons (Fsp3) is 0.471. The molecule has 3 aromatic rings. The summed E-state index contributed by atoms with van der Waals surface area (Å²) in [6.07, 6.45) is 9.78. The highest BCUT2D eigenvalue weighted by Crippen LogP contribution is 2.25. The Morgan fingerprint density at radius 1 is 1.20 bits per heavy atom. The molecular weight excluding hydrogens is 350 g/mol. The molecule has 0 aromatic carbocycles. The van der Waals surface area contributed by atoms with Crippen molar-refractivity contribution in [3.8, 4) is 11.3 Å². The van der Waals surface area contributed by atoms with Crippen LogP contribution in [0.25, 0.3) is 16.9 Å². The van der Waals surface area contributed by atoms with Crippen LogP contribution in [0.3, 0.4) is 0 Å². The number of aromatic nitrogens is 5. The number of aryl methyl sites for hydroxylation is 1. The van der Waals surface area contributed by atoms with Crippen molar-refractivity contribution >= 4 is 25.5 Å². The van der Waals surface area contributed by atoms with E-state index in [1.165, 1.54) is 0 Å². The molecule has 0 fully saturated rings. The Morgan fingerprint density at radius 2 is 2.00 bits per heavy atom. The molecule has 8 heteroatoms. The third kappa shape index (κ3) is 4.31. The molecule has 3 rings (SSSR count). The standard InChI is InChI=1S/C17H25N5OSSi/c1-13-10-22-15(9-18-16(22)17(20-13)24-2)14-8-19-21(11-14)12-23-6-7-25(3,4)5/h8-11H,6-7,12H2,1-5H3. The molecule has 0 bridgehead atoms. The molecule has 0 amide bonds. The van der Waals surface area contributed by atoms with Crippen molar-refractivity contribution in [1.29, 1.82) is 0 Å². The van der Waals surface area contributed by atoms with Crippen LogP contribution in [0.1, 0.15) is 5.69 Å². The largest absolute Gasteiger partial charge is 0.360 e. The van der Waals surface area contributed by atoms with E-state index in [9.17, 15) is 0 Å². The van der Waals surface area contributed by atoms with Crippen LogP contribution in [0.15, 0.2) is 29.8 Å². The maximum absolute atomic E-state index is 5.77. The Balaban J connectivity index is 1.76. The highest BCUT2D eigenvalue weighted by molar-refractivity contribution is 7.98. The quantitative estimate of drug-likeness (QED) is 0.356. The normalized spacial score (nSPS) is 12.2. The lowest BCUT2D eigenvalue weighted by molar-refractivity contribution is 0.0786. The molecule has 0 spiro atoms. The zero-order valence-electron chi connectivity index (χ0n) is 15.5. The van der Waals surface area contributed by atoms with Crippen molar-refractivity contribution in [2.45, 2.75) is 44.4 Å². The average molecular weight is 376 g/mol. The van der Waals surface area contributed by atoms with Gasteiger partial charge in [-0.1, -0.05) is 19.6 Å². The highest BCUT2D eigenvalue weighted by atomic mass is 32.2. The fourth-order valence-electron chi connectivity index (χ4n) is 2.53. The summed E-state index contributed by atoms with van der Waals surface area (Å²) in [7, 11) is -1.05. The number of imidazole rings is 1. The van der Waals surface area contributed by atoms with Crippen LogP contribution in [0.2, 0.25) is 25.7 Å². The van der Waals surface area contributed by atoms with Gasteiger partial charge in [0.2, 0.25) is 0 Å². The molecule has 0 aliphatic heterocycles. The van der Waals surface area contributed by atoms with Crippen molar-refractivity contribution in [1.82, 2.24) is 24.1 Å². The number of hydrogen-bond acceptors (Lipinski definition) is 5. The second kappa shape index (κ2) is 7.31. The van der Waals surface area contributed by atoms with Crippen molar-refractivity contribution < 1.29 is 4.74 Å². The molecule has 0 saturated carbocycles. The first-order valence-corrected chi connectivity index (χ1v) is 13.3. The van der Waals surface area contributed by atoms with Gasteiger partial charge in [0.1, 0.15) is 11.8 Å². The summed E-state index contributed by atoms with van der Waals surface area (Å²) >= 11 is 1.61. The smallest absolute Gasteiger partial charge is 0.170 e. The number of rotatable bonds is 7. The van der Waals surface area contributed by atoms with Gasteiger partial charge in [0.25, 0.3) is 0 Å². The molecule has 134 valence electrons. The molecule has 3 heterocycles. The first kappa shape index (κ1) is 18.2. The van der Waals surface area contributed by atoms with Crippen molar-refractivity contribution in [2.24, 2.45) is 0 Å². The van der Waals surface area contributed by atoms with E-state index in [1.807, 2.05) is 42.6 Å². The van der Waals surface area contributed by atoms with Gasteiger partial charge in [0.15, 0.2) is 5.65 Å². The molecule has 0 radical (unpaired) electrons. The fourth-order valence-corrected chi connectivity index (χ4v) is 3.85. The van der Waals surface area contributed by atoms with E-state index in [1.54, 1.807) is 11.8 Å². The molecule has 0 saturated heterocycles. The van der Waals surface area contributed by atoms with Gasteiger partial charge in [0.05, 0.1) is 23.8 Å². The maximum Gasteiger partial charge on any atom is 0.170 e. The SMILES string of the molecule is CSc1nc(C)cn2c(-c3cnn(COCC[Si](C)(C)C)c3)cnc12. The van der Waals surface area contributed by atoms with E-state index in [0.717, 1.165) is 40.3 Å². The minimum Gasteiger partial charge on any atom is -0.360 e. The predicted octanol–water partition coefficient (Wildman–Crippen LogP) is 3.94. The third-order valence-electron chi connectivity index (χ3n) is 3.92. The zero-order valence-corrected chi connectivity index (χ0v) is 17.3. The minimum absolute atomic E-state index is 0.484. The Hall–Kier alpha value is -1.64. The molecule has 0 unspecified atom stereocenters. The van der Waals surface area contributed by atoms with E-state index in [4.69, 9.17) is 4.74 Å². The van der Waals surface area contributed by atoms with Gasteiger partial charge in [-0.2, -0.15) is 5.10 Å². The number of thioether (sulfide) groups is 1. The van der Waals surface area contributed by atoms with Gasteiger partial charge in [-0.05, 0) is 19.2 Å². The predicted molar refractivity (Wildman–Crippen MR) is 105 cm³/mol. The van der Waals surface area contributed by atoms with Crippen molar-refractivity contribution in [3.63, 3.8) is 0 Å². The van der Waals surface area contributed by atoms with Gasteiger partial charge >= 0.3 is 0 Å². The Kier molecular flexibility index (Phi) is 5.31. The van der Waals surface area contributed by atoms with Crippen LogP contribution in [-0.4, -0.2) is 45.1 Å². The third-order valence-corrected chi connectivity index (χ3v) is 6.29. The van der Waals surface area contributed by atoms with Gasteiger partial charge in [-0.3, -0.25) is 4.40 Å². The monoisotopic (exact) mass is 375 g/mol. The van der Waals surface area contributed by atoms with Crippen LogP contribution in [0, 0.1) is 6.92 Å². The van der Waals surface area contributed by atoms with E-state index < -0.39 is 8.07 Å². The van der Waals surface area contributed by atoms with Gasteiger partial charge in [-0.15, -0.1) is 11.8 Å². The van der Waals surface area contributed by atoms with Gasteiger partial charge in [0, 0.05) is 32.6 Å². The lowest BCUT2D eigenvalue weighted by Crippen LogP contribution is -2.22. The zero-order chi connectivity index (χ0) is 18.0. The number of ether oxygens (including phenoxy) is 1. The summed E-state index contributed by atoms with van der Waals surface area (Å²) in [5.74, 6) is 0. The summed E-state index contributed by atoms with van der Waals surface area (Å²) in [5, 5.41) is 5.36. The molecule has 25 heavy (non-hydrogen) atoms. The Bertz CT molecular complexity index is 868. The van der Waals surface area contributed by atoms with Gasteiger partial charge < -0.3 is 4.74 Å². The summed E-state index contributed by atoms with van der Waals surface area (Å²) in [6, 6.07) is 1.16. The van der Waals surface area contributed by atoms with E-state index in [2.05, 4.69) is 39.1 Å². The Labute approximate surface area is 153 Å². The lowest BCUT2D eigenvalue weighted by Gasteiger charge is -2.15. The van der Waals surface area contributed by atoms with E-state index >= 15 is 0 Å². The minimum atomic E-state index is -1.05. The van der Waals surface area contributed by atoms with Crippen molar-refractivity contribution in [2.75, 3.05) is 12.9 Å². The van der Waals surface area contributed by atoms with Crippen LogP contribution in [-0.2, 0) is 11.5 Å². The first-order valence-electron chi connectivity index (χ1n) is 8.37. The summed E-state index contributed by atoms with van der Waals surface area (Å²) in [4.78, 5) is 9.08. The van der Waals surface area contributed by atoms with Crippen LogP contribution < -0.4 is 0 Å². The molecule has 6 nitrogen and oxygen atoms in total. The van der Waals surface area contributed by atoms with E-state index in [-0.39, 0.29) is 0 Å². The topological polar surface area (TPSA) is 57.2 Å². The van der Waals surface area contributed by atoms with E-state index in [0.29, 0.717) is 6.73 Å². The molecule has 0 N–H and O–H groups in total. The molecule has 0 aliphatic carbocycles. The average Bonchev–Trinajstić information content (AvgIpc) is 3.16. The van der Waals surface area contributed by atoms with Crippen molar-refractivity contribution in [3.05, 3.63) is 30.5 Å². The van der Waals surface area contributed by atoms with Crippen LogP contribution >= 0.6 is 11.8 Å². The summed E-state index contributed by atoms with van der Waals surface area (Å²) in [5.41, 5.74) is 3.90. The second-order valence-corrected chi connectivity index (χ2v) is 13.8. The Morgan fingerprint density at radius 3 is 2.72 bits per heavy atom. The molecule has 0 atom stereocenters. The number of hydrogen-bond donors (Lipinski definition) is 0. The van der Waals surface area contributed by atoms with Gasteiger partial charge in [-0.25, -0.2) is 14.6 Å². The number of nitrogens with zero attached hydrogens (tertiary/aromatic N) is 5. The van der Waals surface area contributed by atoms with Crippen LogP contribution in [0.5, 0.6) is 0 Å². The highest BCUT2D eigenvalue weighted by Gasteiger charge is 2.14.